The molecule has 1 aliphatic carbocycles. The Labute approximate surface area is 432 Å². The van der Waals surface area contributed by atoms with Gasteiger partial charge in [-0.3, -0.25) is 28.8 Å². The highest BCUT2D eigenvalue weighted by atomic mass is 16.4. The second-order valence-corrected chi connectivity index (χ2v) is 19.7. The van der Waals surface area contributed by atoms with Gasteiger partial charge in [-0.15, -0.1) is 0 Å². The average molecular weight is 1040 g/mol. The van der Waals surface area contributed by atoms with E-state index in [2.05, 4.69) is 38.5 Å². The molecule has 73 heavy (non-hydrogen) atoms. The van der Waals surface area contributed by atoms with Gasteiger partial charge in [0, 0.05) is 50.6 Å². The summed E-state index contributed by atoms with van der Waals surface area (Å²) in [5.41, 5.74) is 0. The number of unbranched alkanes of at least 4 members (excludes halogenated alkanes) is 16. The molecule has 416 valence electrons. The van der Waals surface area contributed by atoms with Crippen LogP contribution in [0, 0.1) is 17.8 Å². The zero-order valence-corrected chi connectivity index (χ0v) is 43.6. The van der Waals surface area contributed by atoms with E-state index in [1.165, 1.54) is 70.3 Å². The molecule has 20 heteroatoms. The van der Waals surface area contributed by atoms with Crippen LogP contribution in [-0.2, 0) is 47.9 Å². The molecule has 0 radical (unpaired) electrons. The van der Waals surface area contributed by atoms with Gasteiger partial charge in [0.15, 0.2) is 5.78 Å². The Morgan fingerprint density at radius 3 is 1.45 bits per heavy atom. The van der Waals surface area contributed by atoms with Crippen molar-refractivity contribution in [2.24, 2.45) is 17.8 Å². The Hall–Kier alpha value is -5.24. The first-order valence-electron chi connectivity index (χ1n) is 27.1. The van der Waals surface area contributed by atoms with E-state index in [1.54, 1.807) is 7.05 Å². The van der Waals surface area contributed by atoms with Crippen LogP contribution in [0.1, 0.15) is 193 Å². The number of carbonyl (C=O) groups excluding carboxylic acids is 6. The topological polar surface area (TPSA) is 324 Å². The van der Waals surface area contributed by atoms with Crippen LogP contribution < -0.4 is 31.9 Å². The molecule has 4 amide bonds. The first-order chi connectivity index (χ1) is 35.0. The number of rotatable bonds is 47. The molecule has 0 heterocycles. The zero-order valence-electron chi connectivity index (χ0n) is 43.6. The lowest BCUT2D eigenvalue weighted by Gasteiger charge is -2.28. The first-order valence-corrected chi connectivity index (χ1v) is 27.1. The van der Waals surface area contributed by atoms with Gasteiger partial charge in [-0.05, 0) is 96.2 Å². The summed E-state index contributed by atoms with van der Waals surface area (Å²) in [6.07, 6.45) is 23.4. The molecule has 1 aliphatic rings. The fraction of sp³-hybridized carbons (Fsp3) is 0.774. The number of ketones is 1. The molecule has 0 spiro atoms. The van der Waals surface area contributed by atoms with Crippen LogP contribution in [0.15, 0.2) is 12.7 Å². The Kier molecular flexibility index (Phi) is 37.1. The molecule has 20 nitrogen and oxygen atoms in total. The largest absolute Gasteiger partial charge is 0.481 e. The van der Waals surface area contributed by atoms with E-state index in [1.807, 2.05) is 0 Å². The quantitative estimate of drug-likeness (QED) is 0.0202. The Bertz CT molecular complexity index is 1690. The fourth-order valence-electron chi connectivity index (χ4n) is 9.07. The Morgan fingerprint density at radius 1 is 0.534 bits per heavy atom. The van der Waals surface area contributed by atoms with E-state index in [4.69, 9.17) is 5.11 Å². The predicted molar refractivity (Wildman–Crippen MR) is 275 cm³/mol. The Morgan fingerprint density at radius 2 is 1.00 bits per heavy atom. The molecule has 0 aromatic carbocycles. The maximum Gasteiger partial charge on any atom is 0.326 e. The van der Waals surface area contributed by atoms with Gasteiger partial charge >= 0.3 is 23.9 Å². The summed E-state index contributed by atoms with van der Waals surface area (Å²) in [7, 11) is 1.68. The van der Waals surface area contributed by atoms with E-state index in [-0.39, 0.29) is 49.5 Å². The third-order valence-corrected chi connectivity index (χ3v) is 13.7. The maximum atomic E-state index is 13.1. The van der Waals surface area contributed by atoms with E-state index in [0.717, 1.165) is 38.5 Å². The summed E-state index contributed by atoms with van der Waals surface area (Å²) in [4.78, 5) is 121. The molecule has 0 aromatic heterocycles. The zero-order chi connectivity index (χ0) is 54.2. The van der Waals surface area contributed by atoms with Gasteiger partial charge in [-0.25, -0.2) is 14.4 Å². The molecular formula is C53H90N6O14. The minimum Gasteiger partial charge on any atom is -0.481 e. The summed E-state index contributed by atoms with van der Waals surface area (Å²) in [6.45, 7) is 4.64. The van der Waals surface area contributed by atoms with Gasteiger partial charge in [-0.1, -0.05) is 103 Å². The molecule has 1 saturated carbocycles. The molecule has 1 fully saturated rings. The van der Waals surface area contributed by atoms with Crippen molar-refractivity contribution in [2.45, 2.75) is 217 Å². The molecule has 10 N–H and O–H groups in total. The average Bonchev–Trinajstić information content (AvgIpc) is 3.36. The summed E-state index contributed by atoms with van der Waals surface area (Å²) in [6, 6.07) is -4.77. The van der Waals surface area contributed by atoms with Crippen LogP contribution in [0.2, 0.25) is 0 Å². The van der Waals surface area contributed by atoms with Crippen molar-refractivity contribution in [3.8, 4) is 0 Å². The van der Waals surface area contributed by atoms with Gasteiger partial charge in [0.05, 0.1) is 6.04 Å². The highest BCUT2D eigenvalue weighted by molar-refractivity contribution is 5.93. The number of nitrogens with one attached hydrogen (secondary N) is 6. The van der Waals surface area contributed by atoms with Crippen molar-refractivity contribution in [3.63, 3.8) is 0 Å². The lowest BCUT2D eigenvalue weighted by Crippen LogP contribution is -2.46. The van der Waals surface area contributed by atoms with Crippen molar-refractivity contribution in [3.05, 3.63) is 12.7 Å². The summed E-state index contributed by atoms with van der Waals surface area (Å²) in [5.74, 6) is -8.15. The molecule has 0 bridgehead atoms. The van der Waals surface area contributed by atoms with Gasteiger partial charge < -0.3 is 57.1 Å². The highest BCUT2D eigenvalue weighted by Gasteiger charge is 2.31. The predicted octanol–water partition coefficient (Wildman–Crippen LogP) is 5.59. The Balaban J connectivity index is 2.30. The van der Waals surface area contributed by atoms with Crippen molar-refractivity contribution in [2.75, 3.05) is 26.7 Å². The van der Waals surface area contributed by atoms with Crippen molar-refractivity contribution >= 4 is 59.6 Å². The van der Waals surface area contributed by atoms with Crippen LogP contribution in [-0.4, -0.2) is 131 Å². The molecule has 1 rings (SSSR count). The second-order valence-electron chi connectivity index (χ2n) is 19.7. The molecule has 5 atom stereocenters. The standard InChI is InChI=1S/C53H90N6O14/c1-3-45(61)41(54-2)22-20-21-33-55-35-39(37-60)34-44(53(72)73)58-48(64)31-29-42(51(68)69)57-47(63)32-30-43(52(70)71)59-50(67)40-27-25-38(26-28-40)36-56-46(62)23-18-16-14-12-10-8-6-4-5-7-9-11-13-15-17-19-24-49(65)66/h3,37-44,54-55H,1,4-36H2,2H3,(H,56,62)(H,57,63)(H,58,64)(H,59,67)(H,65,66)(H,68,69)(H,70,71)(H,72,73)/t38-,39?,40-,41?,42-,43-,44-/m0/s1. The lowest BCUT2D eigenvalue weighted by atomic mass is 9.81. The van der Waals surface area contributed by atoms with Gasteiger partial charge in [0.1, 0.15) is 24.4 Å². The minimum absolute atomic E-state index is 0.0179. The third-order valence-electron chi connectivity index (χ3n) is 13.7. The van der Waals surface area contributed by atoms with Crippen LogP contribution >= 0.6 is 0 Å². The highest BCUT2D eigenvalue weighted by Crippen LogP contribution is 2.29. The fourth-order valence-corrected chi connectivity index (χ4v) is 9.07. The number of carboxylic acids is 4. The van der Waals surface area contributed by atoms with Gasteiger partial charge in [0.2, 0.25) is 23.6 Å². The summed E-state index contributed by atoms with van der Waals surface area (Å²) in [5, 5.41) is 54.0. The van der Waals surface area contributed by atoms with E-state index < -0.39 is 90.8 Å². The van der Waals surface area contributed by atoms with Crippen molar-refractivity contribution in [1.82, 2.24) is 31.9 Å². The number of carboxylic acid groups (broad SMARTS) is 4. The molecule has 0 aliphatic heterocycles. The number of hydrogen-bond donors (Lipinski definition) is 10. The molecule has 0 saturated heterocycles. The summed E-state index contributed by atoms with van der Waals surface area (Å²) < 4.78 is 0. The van der Waals surface area contributed by atoms with Gasteiger partial charge in [0.25, 0.3) is 0 Å². The number of likely N-dealkylation sites (N-methyl/N-ethyl adjacent to an activating group) is 1. The molecular weight excluding hydrogens is 945 g/mol. The molecule has 2 unspecified atom stereocenters. The lowest BCUT2D eigenvalue weighted by molar-refractivity contribution is -0.144. The van der Waals surface area contributed by atoms with Crippen molar-refractivity contribution in [1.29, 1.82) is 0 Å². The minimum atomic E-state index is -1.56. The van der Waals surface area contributed by atoms with Crippen molar-refractivity contribution < 1.29 is 68.4 Å². The van der Waals surface area contributed by atoms with E-state index >= 15 is 0 Å². The number of aliphatic carboxylic acids is 4. The van der Waals surface area contributed by atoms with Crippen LogP contribution in [0.4, 0.5) is 0 Å². The smallest absolute Gasteiger partial charge is 0.326 e. The summed E-state index contributed by atoms with van der Waals surface area (Å²) >= 11 is 0. The van der Waals surface area contributed by atoms with Crippen LogP contribution in [0.25, 0.3) is 0 Å². The third kappa shape index (κ3) is 33.3. The SMILES string of the molecule is C=CC(=O)C(CCCCNCC(C=O)C[C@H](NC(=O)CC[C@H](NC(=O)CC[C@H](NC(=O)[C@H]1CC[C@H](CNC(=O)CCCCCCCCCCCCCCCCCCC(=O)O)CC1)C(=O)O)C(=O)O)C(=O)O)NC. The van der Waals surface area contributed by atoms with E-state index in [0.29, 0.717) is 70.7 Å². The van der Waals surface area contributed by atoms with E-state index in [9.17, 15) is 63.3 Å². The number of hydrogen-bond acceptors (Lipinski definition) is 12. The normalized spacial score (nSPS) is 16.4. The van der Waals surface area contributed by atoms with Crippen LogP contribution in [0.3, 0.4) is 0 Å². The van der Waals surface area contributed by atoms with Crippen LogP contribution in [0.5, 0.6) is 0 Å². The number of aldehydes is 1. The number of amides is 4. The molecule has 0 aromatic rings. The van der Waals surface area contributed by atoms with Gasteiger partial charge in [-0.2, -0.15) is 0 Å². The maximum absolute atomic E-state index is 13.1. The number of carbonyl (C=O) groups is 10. The first kappa shape index (κ1) is 65.8. The monoisotopic (exact) mass is 1030 g/mol. The second kappa shape index (κ2) is 41.1.